The van der Waals surface area contributed by atoms with E-state index in [1.807, 2.05) is 36.4 Å². The van der Waals surface area contributed by atoms with E-state index in [0.717, 1.165) is 43.4 Å². The Labute approximate surface area is 192 Å². The van der Waals surface area contributed by atoms with Crippen LogP contribution >= 0.6 is 0 Å². The van der Waals surface area contributed by atoms with Gasteiger partial charge < -0.3 is 10.6 Å². The second-order valence-corrected chi connectivity index (χ2v) is 9.14. The molecule has 3 aromatic carbocycles. The second kappa shape index (κ2) is 10.1. The van der Waals surface area contributed by atoms with Crippen molar-refractivity contribution in [3.05, 3.63) is 108 Å². The summed E-state index contributed by atoms with van der Waals surface area (Å²) in [5, 5.41) is 0. The van der Waals surface area contributed by atoms with E-state index >= 15 is 0 Å². The van der Waals surface area contributed by atoms with E-state index in [2.05, 4.69) is 66.5 Å². The summed E-state index contributed by atoms with van der Waals surface area (Å²) in [4.78, 5) is 15.8. The summed E-state index contributed by atoms with van der Waals surface area (Å²) >= 11 is 0. The van der Waals surface area contributed by atoms with E-state index in [9.17, 15) is 4.79 Å². The molecule has 1 amide bonds. The lowest BCUT2D eigenvalue weighted by atomic mass is 9.60. The van der Waals surface area contributed by atoms with Crippen molar-refractivity contribution in [2.75, 3.05) is 13.6 Å². The van der Waals surface area contributed by atoms with Crippen LogP contribution in [0.5, 0.6) is 0 Å². The number of carbonyl (C=O) groups excluding carboxylic acids is 1. The quantitative estimate of drug-likeness (QED) is 0.539. The Balaban J connectivity index is 1.62. The number of nitrogens with two attached hydrogens (primary N) is 1. The maximum absolute atomic E-state index is 13.3. The van der Waals surface area contributed by atoms with Gasteiger partial charge in [0.05, 0.1) is 0 Å². The van der Waals surface area contributed by atoms with Crippen LogP contribution in [0.3, 0.4) is 0 Å². The molecule has 166 valence electrons. The first-order valence-corrected chi connectivity index (χ1v) is 11.8. The van der Waals surface area contributed by atoms with Crippen molar-refractivity contribution in [2.45, 2.75) is 43.6 Å². The number of hydrogen-bond acceptors (Lipinski definition) is 2. The van der Waals surface area contributed by atoms with Gasteiger partial charge in [-0.25, -0.2) is 0 Å². The van der Waals surface area contributed by atoms with Gasteiger partial charge in [-0.2, -0.15) is 0 Å². The Kier molecular flexibility index (Phi) is 7.06. The lowest BCUT2D eigenvalue weighted by Gasteiger charge is -2.45. The maximum Gasteiger partial charge on any atom is 0.232 e. The Hall–Kier alpha value is -2.91. The van der Waals surface area contributed by atoms with E-state index in [-0.39, 0.29) is 11.8 Å². The van der Waals surface area contributed by atoms with Gasteiger partial charge in [0.15, 0.2) is 0 Å². The van der Waals surface area contributed by atoms with Crippen molar-refractivity contribution in [2.24, 2.45) is 11.7 Å². The molecule has 0 radical (unpaired) electrons. The fourth-order valence-electron chi connectivity index (χ4n) is 5.62. The third kappa shape index (κ3) is 4.49. The molecule has 0 saturated heterocycles. The molecule has 2 N–H and O–H groups in total. The summed E-state index contributed by atoms with van der Waals surface area (Å²) in [6.45, 7) is 1.02. The van der Waals surface area contributed by atoms with Gasteiger partial charge in [0.25, 0.3) is 0 Å². The van der Waals surface area contributed by atoms with E-state index in [1.165, 1.54) is 12.0 Å². The molecule has 1 fully saturated rings. The summed E-state index contributed by atoms with van der Waals surface area (Å²) in [6.07, 6.45) is 5.30. The summed E-state index contributed by atoms with van der Waals surface area (Å²) in [6, 6.07) is 31.5. The maximum atomic E-state index is 13.3. The number of amides is 1. The summed E-state index contributed by atoms with van der Waals surface area (Å²) in [5.41, 5.74) is 8.85. The Bertz CT molecular complexity index is 948. The van der Waals surface area contributed by atoms with Crippen molar-refractivity contribution in [1.82, 2.24) is 4.90 Å². The highest BCUT2D eigenvalue weighted by atomic mass is 16.1. The van der Waals surface area contributed by atoms with Gasteiger partial charge in [0, 0.05) is 12.6 Å². The van der Waals surface area contributed by atoms with Crippen LogP contribution in [0, 0.1) is 5.92 Å². The Morgan fingerprint density at radius 2 is 1.41 bits per heavy atom. The fourth-order valence-corrected chi connectivity index (χ4v) is 5.62. The first-order chi connectivity index (χ1) is 15.6. The monoisotopic (exact) mass is 426 g/mol. The molecule has 0 unspecified atom stereocenters. The lowest BCUT2D eigenvalue weighted by molar-refractivity contribution is -0.124. The predicted molar refractivity (Wildman–Crippen MR) is 131 cm³/mol. The molecular weight excluding hydrogens is 392 g/mol. The SMILES string of the molecule is CN(CCc1ccccc1)[C@H]1CCC[C@@H](C(C(N)=O)(c2ccccc2)c2ccccc2)C1. The van der Waals surface area contributed by atoms with Crippen LogP contribution in [0.2, 0.25) is 0 Å². The molecule has 0 spiro atoms. The number of hydrogen-bond donors (Lipinski definition) is 1. The molecule has 0 heterocycles. The zero-order valence-electron chi connectivity index (χ0n) is 19.0. The highest BCUT2D eigenvalue weighted by Gasteiger charge is 2.48. The molecule has 3 nitrogen and oxygen atoms in total. The number of benzene rings is 3. The third-order valence-electron chi connectivity index (χ3n) is 7.33. The largest absolute Gasteiger partial charge is 0.369 e. The topological polar surface area (TPSA) is 46.3 Å². The number of nitrogens with zero attached hydrogens (tertiary/aromatic N) is 1. The predicted octanol–water partition coefficient (Wildman–Crippen LogP) is 5.19. The van der Waals surface area contributed by atoms with Crippen molar-refractivity contribution in [1.29, 1.82) is 0 Å². The van der Waals surface area contributed by atoms with Gasteiger partial charge in [0.1, 0.15) is 5.41 Å². The average Bonchev–Trinajstić information content (AvgIpc) is 2.85. The molecule has 4 rings (SSSR count). The van der Waals surface area contributed by atoms with Crippen LogP contribution in [0.25, 0.3) is 0 Å². The molecule has 32 heavy (non-hydrogen) atoms. The molecule has 1 saturated carbocycles. The van der Waals surface area contributed by atoms with Gasteiger partial charge in [0.2, 0.25) is 5.91 Å². The molecule has 3 heteroatoms. The van der Waals surface area contributed by atoms with Crippen molar-refractivity contribution >= 4 is 5.91 Å². The smallest absolute Gasteiger partial charge is 0.232 e. The average molecular weight is 427 g/mol. The minimum Gasteiger partial charge on any atom is -0.369 e. The minimum atomic E-state index is -0.804. The van der Waals surface area contributed by atoms with E-state index < -0.39 is 5.41 Å². The molecule has 1 aliphatic rings. The molecule has 1 aliphatic carbocycles. The molecular formula is C29H34N2O. The van der Waals surface area contributed by atoms with E-state index in [1.54, 1.807) is 0 Å². The van der Waals surface area contributed by atoms with Gasteiger partial charge >= 0.3 is 0 Å². The standard InChI is InChI=1S/C29H34N2O/c1-31(21-20-23-12-5-2-6-13-23)27-19-11-18-26(22-27)29(28(30)32,24-14-7-3-8-15-24)25-16-9-4-10-17-25/h2-10,12-17,26-27H,11,18-22H2,1H3,(H2,30,32)/t26-,27+/m1/s1. The van der Waals surface area contributed by atoms with Gasteiger partial charge in [-0.05, 0) is 55.3 Å². The summed E-state index contributed by atoms with van der Waals surface area (Å²) < 4.78 is 0. The van der Waals surface area contributed by atoms with Crippen LogP contribution < -0.4 is 5.73 Å². The summed E-state index contributed by atoms with van der Waals surface area (Å²) in [5.74, 6) is -0.0739. The zero-order chi connectivity index (χ0) is 22.4. The van der Waals surface area contributed by atoms with Crippen molar-refractivity contribution < 1.29 is 4.79 Å². The van der Waals surface area contributed by atoms with Crippen LogP contribution in [0.1, 0.15) is 42.4 Å². The lowest BCUT2D eigenvalue weighted by Crippen LogP contribution is -2.51. The molecule has 2 atom stereocenters. The highest BCUT2D eigenvalue weighted by Crippen LogP contribution is 2.46. The number of primary amides is 1. The van der Waals surface area contributed by atoms with Crippen LogP contribution in [-0.2, 0) is 16.6 Å². The van der Waals surface area contributed by atoms with E-state index in [0.29, 0.717) is 6.04 Å². The van der Waals surface area contributed by atoms with E-state index in [4.69, 9.17) is 5.73 Å². The van der Waals surface area contributed by atoms with Gasteiger partial charge in [-0.1, -0.05) is 97.4 Å². The Morgan fingerprint density at radius 1 is 0.875 bits per heavy atom. The fraction of sp³-hybridized carbons (Fsp3) is 0.345. The van der Waals surface area contributed by atoms with Crippen LogP contribution in [-0.4, -0.2) is 30.4 Å². The normalized spacial score (nSPS) is 19.1. The number of carbonyl (C=O) groups is 1. The molecule has 0 aromatic heterocycles. The molecule has 0 aliphatic heterocycles. The van der Waals surface area contributed by atoms with Crippen molar-refractivity contribution in [3.63, 3.8) is 0 Å². The first-order valence-electron chi connectivity index (χ1n) is 11.8. The van der Waals surface area contributed by atoms with Gasteiger partial charge in [-0.15, -0.1) is 0 Å². The molecule has 3 aromatic rings. The van der Waals surface area contributed by atoms with Crippen LogP contribution in [0.15, 0.2) is 91.0 Å². The number of rotatable bonds is 8. The number of likely N-dealkylation sites (N-methyl/N-ethyl adjacent to an activating group) is 1. The zero-order valence-corrected chi connectivity index (χ0v) is 19.0. The van der Waals surface area contributed by atoms with Crippen molar-refractivity contribution in [3.8, 4) is 0 Å². The molecule has 0 bridgehead atoms. The minimum absolute atomic E-state index is 0.169. The Morgan fingerprint density at radius 3 is 1.94 bits per heavy atom. The highest BCUT2D eigenvalue weighted by molar-refractivity contribution is 5.91. The summed E-state index contributed by atoms with van der Waals surface area (Å²) in [7, 11) is 2.23. The second-order valence-electron chi connectivity index (χ2n) is 9.14. The van der Waals surface area contributed by atoms with Gasteiger partial charge in [-0.3, -0.25) is 4.79 Å². The first kappa shape index (κ1) is 22.3. The van der Waals surface area contributed by atoms with Crippen LogP contribution in [0.4, 0.5) is 0 Å². The third-order valence-corrected chi connectivity index (χ3v) is 7.33.